The number of benzene rings is 1. The second-order valence-corrected chi connectivity index (χ2v) is 6.42. The zero-order chi connectivity index (χ0) is 16.7. The van der Waals surface area contributed by atoms with Gasteiger partial charge in [0.2, 0.25) is 11.7 Å². The number of hydrogen-bond donors (Lipinski definition) is 0. The molecule has 0 saturated heterocycles. The third-order valence-corrected chi connectivity index (χ3v) is 4.42. The topological polar surface area (TPSA) is 69.6 Å². The van der Waals surface area contributed by atoms with Crippen LogP contribution < -0.4 is 0 Å². The lowest BCUT2D eigenvalue weighted by molar-refractivity contribution is 0.338. The van der Waals surface area contributed by atoms with Crippen molar-refractivity contribution in [2.45, 2.75) is 45.1 Å². The van der Waals surface area contributed by atoms with Gasteiger partial charge in [-0.05, 0) is 51.0 Å². The van der Waals surface area contributed by atoms with E-state index < -0.39 is 0 Å². The summed E-state index contributed by atoms with van der Waals surface area (Å²) in [6, 6.07) is 6.39. The van der Waals surface area contributed by atoms with Crippen LogP contribution >= 0.6 is 0 Å². The molecule has 0 radical (unpaired) electrons. The van der Waals surface area contributed by atoms with E-state index in [1.807, 2.05) is 4.68 Å². The van der Waals surface area contributed by atoms with Crippen molar-refractivity contribution in [2.75, 3.05) is 0 Å². The second-order valence-electron chi connectivity index (χ2n) is 6.42. The van der Waals surface area contributed by atoms with E-state index in [1.54, 1.807) is 12.1 Å². The van der Waals surface area contributed by atoms with Crippen LogP contribution in [0.3, 0.4) is 0 Å². The molecule has 0 fully saturated rings. The molecule has 124 valence electrons. The average Bonchev–Trinajstić information content (AvgIpc) is 3.22. The Hall–Kier alpha value is -2.57. The van der Waals surface area contributed by atoms with Crippen LogP contribution in [0.4, 0.5) is 4.39 Å². The molecule has 0 saturated carbocycles. The number of halogens is 1. The van der Waals surface area contributed by atoms with E-state index >= 15 is 0 Å². The van der Waals surface area contributed by atoms with Gasteiger partial charge in [-0.3, -0.25) is 0 Å². The van der Waals surface area contributed by atoms with Gasteiger partial charge in [-0.25, -0.2) is 9.07 Å². The lowest BCUT2D eigenvalue weighted by atomic mass is 9.89. The molecular weight excluding hydrogens is 309 g/mol. The average molecular weight is 327 g/mol. The highest BCUT2D eigenvalue weighted by molar-refractivity contribution is 5.53. The molecule has 6 nitrogen and oxygen atoms in total. The summed E-state index contributed by atoms with van der Waals surface area (Å²) in [6.45, 7) is 4.21. The van der Waals surface area contributed by atoms with Gasteiger partial charge in [-0.15, -0.1) is 5.10 Å². The molecule has 0 bridgehead atoms. The Balaban J connectivity index is 1.56. The maximum absolute atomic E-state index is 13.0. The first kappa shape index (κ1) is 15.0. The minimum absolute atomic E-state index is 0.150. The van der Waals surface area contributed by atoms with Crippen LogP contribution in [0, 0.1) is 5.82 Å². The Labute approximate surface area is 138 Å². The number of aromatic nitrogens is 5. The van der Waals surface area contributed by atoms with Gasteiger partial charge in [0.15, 0.2) is 0 Å². The standard InChI is InChI=1S/C17H18FN5O/c1-10(2)23-15-8-5-12(9-14(15)20-22-23)17-19-16(21-24-17)11-3-6-13(18)7-4-11/h3-4,6-7,10,12H,5,8-9H2,1-2H3. The molecule has 4 rings (SSSR count). The highest BCUT2D eigenvalue weighted by Gasteiger charge is 2.29. The van der Waals surface area contributed by atoms with E-state index in [0.29, 0.717) is 17.8 Å². The van der Waals surface area contributed by atoms with E-state index in [4.69, 9.17) is 4.52 Å². The van der Waals surface area contributed by atoms with Gasteiger partial charge in [0.1, 0.15) is 5.82 Å². The van der Waals surface area contributed by atoms with Crippen molar-refractivity contribution >= 4 is 0 Å². The van der Waals surface area contributed by atoms with Crippen LogP contribution in [0.5, 0.6) is 0 Å². The van der Waals surface area contributed by atoms with Gasteiger partial charge in [0, 0.05) is 23.9 Å². The fourth-order valence-corrected chi connectivity index (χ4v) is 3.15. The molecule has 0 aliphatic heterocycles. The maximum atomic E-state index is 13.0. The Morgan fingerprint density at radius 3 is 2.79 bits per heavy atom. The van der Waals surface area contributed by atoms with Gasteiger partial charge in [-0.1, -0.05) is 10.4 Å². The summed E-state index contributed by atoms with van der Waals surface area (Å²) in [7, 11) is 0. The SMILES string of the molecule is CC(C)n1nnc2c1CCC(c1nc(-c3ccc(F)cc3)no1)C2. The highest BCUT2D eigenvalue weighted by atomic mass is 19.1. The zero-order valence-electron chi connectivity index (χ0n) is 13.6. The van der Waals surface area contributed by atoms with Crippen LogP contribution in [-0.4, -0.2) is 25.1 Å². The summed E-state index contributed by atoms with van der Waals surface area (Å²) in [5.74, 6) is 0.965. The van der Waals surface area contributed by atoms with E-state index in [-0.39, 0.29) is 11.7 Å². The Morgan fingerprint density at radius 2 is 2.04 bits per heavy atom. The van der Waals surface area contributed by atoms with Gasteiger partial charge in [0.05, 0.1) is 11.4 Å². The van der Waals surface area contributed by atoms with Crippen LogP contribution in [0.2, 0.25) is 0 Å². The molecule has 1 aliphatic carbocycles. The van der Waals surface area contributed by atoms with Gasteiger partial charge >= 0.3 is 0 Å². The Morgan fingerprint density at radius 1 is 1.25 bits per heavy atom. The smallest absolute Gasteiger partial charge is 0.230 e. The monoisotopic (exact) mass is 327 g/mol. The lowest BCUT2D eigenvalue weighted by Crippen LogP contribution is -2.16. The van der Waals surface area contributed by atoms with E-state index in [9.17, 15) is 4.39 Å². The van der Waals surface area contributed by atoms with Crippen molar-refractivity contribution < 1.29 is 8.91 Å². The molecule has 0 spiro atoms. The fourth-order valence-electron chi connectivity index (χ4n) is 3.15. The normalized spacial score (nSPS) is 17.2. The molecule has 1 unspecified atom stereocenters. The number of nitrogens with zero attached hydrogens (tertiary/aromatic N) is 5. The number of hydrogen-bond acceptors (Lipinski definition) is 5. The predicted octanol–water partition coefficient (Wildman–Crippen LogP) is 3.32. The van der Waals surface area contributed by atoms with E-state index in [1.165, 1.54) is 17.8 Å². The minimum Gasteiger partial charge on any atom is -0.339 e. The van der Waals surface area contributed by atoms with Crippen LogP contribution in [0.15, 0.2) is 28.8 Å². The maximum Gasteiger partial charge on any atom is 0.230 e. The minimum atomic E-state index is -0.282. The molecule has 0 amide bonds. The molecule has 3 aromatic rings. The summed E-state index contributed by atoms with van der Waals surface area (Å²) in [5, 5.41) is 12.6. The largest absolute Gasteiger partial charge is 0.339 e. The van der Waals surface area contributed by atoms with Gasteiger partial charge < -0.3 is 4.52 Å². The van der Waals surface area contributed by atoms with Gasteiger partial charge in [0.25, 0.3) is 0 Å². The molecule has 1 atom stereocenters. The van der Waals surface area contributed by atoms with Crippen molar-refractivity contribution in [1.82, 2.24) is 25.1 Å². The zero-order valence-corrected chi connectivity index (χ0v) is 13.6. The third-order valence-electron chi connectivity index (χ3n) is 4.42. The fraction of sp³-hybridized carbons (Fsp3) is 0.412. The Bertz CT molecular complexity index is 852. The van der Waals surface area contributed by atoms with Crippen molar-refractivity contribution in [3.05, 3.63) is 47.4 Å². The molecule has 1 aromatic carbocycles. The Kier molecular flexibility index (Phi) is 3.63. The number of rotatable bonds is 3. The second kappa shape index (κ2) is 5.81. The van der Waals surface area contributed by atoms with Crippen LogP contribution in [-0.2, 0) is 12.8 Å². The van der Waals surface area contributed by atoms with Crippen LogP contribution in [0.1, 0.15) is 49.5 Å². The first-order valence-corrected chi connectivity index (χ1v) is 8.14. The molecule has 2 aromatic heterocycles. The van der Waals surface area contributed by atoms with E-state index in [2.05, 4.69) is 34.3 Å². The summed E-state index contributed by atoms with van der Waals surface area (Å²) >= 11 is 0. The molecular formula is C17H18FN5O. The molecule has 1 aliphatic rings. The van der Waals surface area contributed by atoms with Crippen molar-refractivity contribution in [2.24, 2.45) is 0 Å². The summed E-state index contributed by atoms with van der Waals surface area (Å²) < 4.78 is 20.5. The number of fused-ring (bicyclic) bond motifs is 1. The molecule has 2 heterocycles. The van der Waals surface area contributed by atoms with Gasteiger partial charge in [-0.2, -0.15) is 4.98 Å². The summed E-state index contributed by atoms with van der Waals surface area (Å²) in [5.41, 5.74) is 2.97. The molecule has 7 heteroatoms. The van der Waals surface area contributed by atoms with E-state index in [0.717, 1.165) is 30.5 Å². The summed E-state index contributed by atoms with van der Waals surface area (Å²) in [6.07, 6.45) is 2.59. The molecule has 0 N–H and O–H groups in total. The van der Waals surface area contributed by atoms with Crippen molar-refractivity contribution in [3.8, 4) is 11.4 Å². The predicted molar refractivity (Wildman–Crippen MR) is 84.9 cm³/mol. The first-order valence-electron chi connectivity index (χ1n) is 8.14. The van der Waals surface area contributed by atoms with Crippen molar-refractivity contribution in [3.63, 3.8) is 0 Å². The molecule has 24 heavy (non-hydrogen) atoms. The highest BCUT2D eigenvalue weighted by Crippen LogP contribution is 2.32. The third kappa shape index (κ3) is 2.60. The first-order chi connectivity index (χ1) is 11.6. The summed E-state index contributed by atoms with van der Waals surface area (Å²) in [4.78, 5) is 4.49. The van der Waals surface area contributed by atoms with Crippen LogP contribution in [0.25, 0.3) is 11.4 Å². The lowest BCUT2D eigenvalue weighted by Gasteiger charge is -2.19. The van der Waals surface area contributed by atoms with Crippen molar-refractivity contribution in [1.29, 1.82) is 0 Å². The quantitative estimate of drug-likeness (QED) is 0.738.